The molecule has 0 aliphatic heterocycles. The van der Waals surface area contributed by atoms with Gasteiger partial charge in [-0.15, -0.1) is 0 Å². The second-order valence-corrected chi connectivity index (χ2v) is 3.82. The Bertz CT molecular complexity index is 230. The van der Waals surface area contributed by atoms with Gasteiger partial charge in [-0.25, -0.2) is 0 Å². The van der Waals surface area contributed by atoms with E-state index in [0.29, 0.717) is 5.92 Å². The zero-order valence-electron chi connectivity index (χ0n) is 5.58. The zero-order valence-corrected chi connectivity index (χ0v) is 5.58. The Morgan fingerprint density at radius 1 is 1.60 bits per heavy atom. The summed E-state index contributed by atoms with van der Waals surface area (Å²) >= 11 is 0. The van der Waals surface area contributed by atoms with Crippen molar-refractivity contribution in [3.05, 3.63) is 4.91 Å². The van der Waals surface area contributed by atoms with Crippen LogP contribution in [0.4, 0.5) is 0 Å². The van der Waals surface area contributed by atoms with E-state index in [9.17, 15) is 10.0 Å². The van der Waals surface area contributed by atoms with Gasteiger partial charge in [-0.05, 0) is 18.8 Å². The Morgan fingerprint density at radius 2 is 2.30 bits per heavy atom. The molecule has 0 saturated heterocycles. The maximum Gasteiger partial charge on any atom is 0.138 e. The highest BCUT2D eigenvalue weighted by Gasteiger charge is 2.98. The first-order valence-corrected chi connectivity index (χ1v) is 3.84. The van der Waals surface area contributed by atoms with Crippen molar-refractivity contribution >= 4 is 0 Å². The van der Waals surface area contributed by atoms with Gasteiger partial charge in [0.1, 0.15) is 11.1 Å². The van der Waals surface area contributed by atoms with Gasteiger partial charge < -0.3 is 5.11 Å². The number of fused-ring (bicyclic) bond motifs is 2. The Labute approximate surface area is 58.4 Å². The van der Waals surface area contributed by atoms with Crippen LogP contribution in [-0.2, 0) is 0 Å². The smallest absolute Gasteiger partial charge is 0.138 e. The average Bonchev–Trinajstić information content (AvgIpc) is 2.77. The second kappa shape index (κ2) is 1.05. The molecular formula is C7H9NO2. The van der Waals surface area contributed by atoms with Gasteiger partial charge in [-0.2, -0.15) is 4.91 Å². The van der Waals surface area contributed by atoms with E-state index < -0.39 is 11.1 Å². The highest BCUT2D eigenvalue weighted by atomic mass is 16.3. The normalized spacial score (nSPS) is 68.5. The lowest BCUT2D eigenvalue weighted by Gasteiger charge is -2.27. The first-order chi connectivity index (χ1) is 4.77. The van der Waals surface area contributed by atoms with Crippen molar-refractivity contribution in [3.63, 3.8) is 0 Å². The molecule has 3 saturated carbocycles. The van der Waals surface area contributed by atoms with Crippen LogP contribution in [0.1, 0.15) is 19.3 Å². The molecule has 4 atom stereocenters. The van der Waals surface area contributed by atoms with E-state index >= 15 is 0 Å². The molecule has 3 aliphatic rings. The SMILES string of the molecule is O=NC12CCC[C@@H]3[C@@H]1[C@@]32O. The monoisotopic (exact) mass is 139 g/mol. The van der Waals surface area contributed by atoms with Crippen molar-refractivity contribution in [2.75, 3.05) is 0 Å². The van der Waals surface area contributed by atoms with Crippen molar-refractivity contribution in [3.8, 4) is 0 Å². The minimum absolute atomic E-state index is 0.270. The summed E-state index contributed by atoms with van der Waals surface area (Å²) in [6.07, 6.45) is 3.02. The molecule has 3 fully saturated rings. The molecule has 0 aromatic rings. The number of nitroso groups, excluding NO2 is 1. The molecule has 3 rings (SSSR count). The second-order valence-electron chi connectivity index (χ2n) is 3.82. The number of aliphatic hydroxyl groups is 1. The fraction of sp³-hybridized carbons (Fsp3) is 1.00. The third kappa shape index (κ3) is 0.243. The van der Waals surface area contributed by atoms with E-state index in [2.05, 4.69) is 5.18 Å². The summed E-state index contributed by atoms with van der Waals surface area (Å²) in [7, 11) is 0. The van der Waals surface area contributed by atoms with Gasteiger partial charge >= 0.3 is 0 Å². The first kappa shape index (κ1) is 5.24. The Hall–Kier alpha value is -0.440. The van der Waals surface area contributed by atoms with Gasteiger partial charge in [0.15, 0.2) is 0 Å². The van der Waals surface area contributed by atoms with E-state index in [1.165, 1.54) is 0 Å². The number of hydrogen-bond acceptors (Lipinski definition) is 3. The van der Waals surface area contributed by atoms with E-state index in [0.717, 1.165) is 19.3 Å². The van der Waals surface area contributed by atoms with Crippen LogP contribution >= 0.6 is 0 Å². The van der Waals surface area contributed by atoms with Crippen LogP contribution < -0.4 is 0 Å². The van der Waals surface area contributed by atoms with E-state index in [-0.39, 0.29) is 5.92 Å². The maximum atomic E-state index is 10.3. The lowest BCUT2D eigenvalue weighted by atomic mass is 9.82. The lowest BCUT2D eigenvalue weighted by Crippen LogP contribution is -2.35. The molecule has 0 heterocycles. The highest BCUT2D eigenvalue weighted by molar-refractivity contribution is 5.49. The third-order valence-corrected chi connectivity index (χ3v) is 3.69. The standard InChI is InChI=1S/C7H9NO2/c9-7-4-2-1-3-6(7,8-10)5(4)7/h4-5,9H,1-3H2/t4-,5+,6?,7+/m1/s1. The van der Waals surface area contributed by atoms with Gasteiger partial charge in [0.05, 0.1) is 0 Å². The summed E-state index contributed by atoms with van der Waals surface area (Å²) in [5.41, 5.74) is -1.09. The van der Waals surface area contributed by atoms with Crippen LogP contribution in [0.25, 0.3) is 0 Å². The fourth-order valence-electron chi connectivity index (χ4n) is 3.07. The molecule has 54 valence electrons. The Morgan fingerprint density at radius 3 is 2.70 bits per heavy atom. The van der Waals surface area contributed by atoms with Gasteiger partial charge in [-0.1, -0.05) is 11.6 Å². The van der Waals surface area contributed by atoms with Crippen LogP contribution in [0.3, 0.4) is 0 Å². The first-order valence-electron chi connectivity index (χ1n) is 3.84. The molecule has 3 nitrogen and oxygen atoms in total. The predicted octanol–water partition coefficient (Wildman–Crippen LogP) is 0.666. The highest BCUT2D eigenvalue weighted by Crippen LogP contribution is 2.85. The molecular weight excluding hydrogens is 130 g/mol. The molecule has 0 aromatic carbocycles. The van der Waals surface area contributed by atoms with E-state index in [1.807, 2.05) is 0 Å². The van der Waals surface area contributed by atoms with E-state index in [1.54, 1.807) is 0 Å². The molecule has 0 aromatic heterocycles. The van der Waals surface area contributed by atoms with Gasteiger partial charge in [0, 0.05) is 5.92 Å². The van der Waals surface area contributed by atoms with Gasteiger partial charge in [0.25, 0.3) is 0 Å². The number of rotatable bonds is 1. The number of nitrogens with zero attached hydrogens (tertiary/aromatic N) is 1. The van der Waals surface area contributed by atoms with Crippen LogP contribution in [0.15, 0.2) is 5.18 Å². The van der Waals surface area contributed by atoms with Crippen molar-refractivity contribution < 1.29 is 5.11 Å². The van der Waals surface area contributed by atoms with E-state index in [4.69, 9.17) is 0 Å². The van der Waals surface area contributed by atoms with Crippen molar-refractivity contribution in [2.45, 2.75) is 30.4 Å². The van der Waals surface area contributed by atoms with Crippen LogP contribution in [0.2, 0.25) is 0 Å². The Balaban J connectivity index is 2.01. The van der Waals surface area contributed by atoms with Crippen LogP contribution in [0, 0.1) is 16.7 Å². The molecule has 1 N–H and O–H groups in total. The summed E-state index contributed by atoms with van der Waals surface area (Å²) in [5, 5.41) is 12.7. The van der Waals surface area contributed by atoms with Crippen LogP contribution in [0.5, 0.6) is 0 Å². The number of hydrogen-bond donors (Lipinski definition) is 1. The molecule has 0 amide bonds. The molecule has 0 radical (unpaired) electrons. The average molecular weight is 139 g/mol. The summed E-state index contributed by atoms with van der Waals surface area (Å²) in [6.45, 7) is 0. The molecule has 10 heavy (non-hydrogen) atoms. The molecule has 0 spiro atoms. The largest absolute Gasteiger partial charge is 0.386 e. The fourth-order valence-corrected chi connectivity index (χ4v) is 3.07. The minimum Gasteiger partial charge on any atom is -0.386 e. The topological polar surface area (TPSA) is 49.7 Å². The van der Waals surface area contributed by atoms with Gasteiger partial charge in [0.2, 0.25) is 0 Å². The summed E-state index contributed by atoms with van der Waals surface area (Å²) in [5.74, 6) is 0.713. The summed E-state index contributed by atoms with van der Waals surface area (Å²) < 4.78 is 0. The van der Waals surface area contributed by atoms with Crippen LogP contribution in [-0.4, -0.2) is 16.2 Å². The lowest BCUT2D eigenvalue weighted by molar-refractivity contribution is 0.0917. The zero-order chi connectivity index (χ0) is 6.98. The van der Waals surface area contributed by atoms with Crippen molar-refractivity contribution in [1.82, 2.24) is 0 Å². The van der Waals surface area contributed by atoms with Crippen molar-refractivity contribution in [1.29, 1.82) is 0 Å². The Kier molecular flexibility index (Phi) is 0.552. The third-order valence-electron chi connectivity index (χ3n) is 3.69. The molecule has 1 unspecified atom stereocenters. The molecule has 0 bridgehead atoms. The molecule has 3 aliphatic carbocycles. The summed E-state index contributed by atoms with van der Waals surface area (Å²) in [6, 6.07) is 0. The quantitative estimate of drug-likeness (QED) is 0.543. The predicted molar refractivity (Wildman–Crippen MR) is 34.3 cm³/mol. The molecule has 3 heteroatoms. The van der Waals surface area contributed by atoms with Crippen molar-refractivity contribution in [2.24, 2.45) is 17.0 Å². The minimum atomic E-state index is -0.604. The van der Waals surface area contributed by atoms with Gasteiger partial charge in [-0.3, -0.25) is 0 Å². The summed E-state index contributed by atoms with van der Waals surface area (Å²) in [4.78, 5) is 10.3. The maximum absolute atomic E-state index is 10.3.